The molecule has 4 aromatic rings. The molecule has 0 atom stereocenters. The van der Waals surface area contributed by atoms with Crippen LogP contribution in [0.2, 0.25) is 0 Å². The Bertz CT molecular complexity index is 1500. The van der Waals surface area contributed by atoms with Gasteiger partial charge in [-0.2, -0.15) is 5.10 Å². The van der Waals surface area contributed by atoms with E-state index in [9.17, 15) is 14.0 Å². The molecule has 3 aromatic heterocycles. The van der Waals surface area contributed by atoms with E-state index in [0.717, 1.165) is 57.8 Å². The summed E-state index contributed by atoms with van der Waals surface area (Å²) in [7, 11) is 1.55. The molecule has 0 amide bonds. The number of carbonyl (C=O) groups is 2. The molecule has 11 nitrogen and oxygen atoms in total. The number of hydrogen-bond donors (Lipinski definition) is 4. The molecule has 1 aliphatic rings. The van der Waals surface area contributed by atoms with Crippen molar-refractivity contribution in [2.24, 2.45) is 0 Å². The van der Waals surface area contributed by atoms with Crippen molar-refractivity contribution < 1.29 is 28.9 Å². The smallest absolute Gasteiger partial charge is 0.328 e. The Balaban J connectivity index is 0.000000386. The average molecular weight is 555 g/mol. The molecule has 39 heavy (non-hydrogen) atoms. The summed E-state index contributed by atoms with van der Waals surface area (Å²) < 4.78 is 22.1. The molecule has 0 unspecified atom stereocenters. The van der Waals surface area contributed by atoms with Crippen molar-refractivity contribution in [3.05, 3.63) is 59.6 Å². The van der Waals surface area contributed by atoms with Crippen molar-refractivity contribution in [1.29, 1.82) is 0 Å². The molecule has 13 heteroatoms. The van der Waals surface area contributed by atoms with E-state index < -0.39 is 11.9 Å². The van der Waals surface area contributed by atoms with Crippen molar-refractivity contribution in [3.63, 3.8) is 0 Å². The number of fused-ring (bicyclic) bond motifs is 1. The van der Waals surface area contributed by atoms with Crippen LogP contribution >= 0.6 is 11.3 Å². The number of hydrogen-bond acceptors (Lipinski definition) is 9. The number of nitrogens with zero attached hydrogens (tertiary/aromatic N) is 4. The summed E-state index contributed by atoms with van der Waals surface area (Å²) >= 11 is 1.61. The zero-order valence-electron chi connectivity index (χ0n) is 21.2. The van der Waals surface area contributed by atoms with Gasteiger partial charge >= 0.3 is 11.9 Å². The molecular formula is C26H27FN6O5S. The predicted molar refractivity (Wildman–Crippen MR) is 145 cm³/mol. The highest BCUT2D eigenvalue weighted by Gasteiger charge is 2.19. The van der Waals surface area contributed by atoms with Crippen molar-refractivity contribution in [3.8, 4) is 16.9 Å². The largest absolute Gasteiger partial charge is 0.496 e. The highest BCUT2D eigenvalue weighted by Crippen LogP contribution is 2.41. The van der Waals surface area contributed by atoms with Crippen LogP contribution in [0.25, 0.3) is 21.3 Å². The summed E-state index contributed by atoms with van der Waals surface area (Å²) in [4.78, 5) is 29.4. The maximum atomic E-state index is 13.7. The lowest BCUT2D eigenvalue weighted by Crippen LogP contribution is -2.29. The predicted octanol–water partition coefficient (Wildman–Crippen LogP) is 4.39. The minimum atomic E-state index is -1.26. The highest BCUT2D eigenvalue weighted by molar-refractivity contribution is 7.19. The first-order valence-electron chi connectivity index (χ1n) is 12.0. The summed E-state index contributed by atoms with van der Waals surface area (Å²) in [5.41, 5.74) is 3.42. The third-order valence-corrected chi connectivity index (χ3v) is 6.98. The number of aliphatic carboxylic acids is 2. The molecule has 0 bridgehead atoms. The lowest BCUT2D eigenvalue weighted by molar-refractivity contribution is -0.134. The van der Waals surface area contributed by atoms with E-state index in [4.69, 9.17) is 19.9 Å². The molecule has 5 rings (SSSR count). The topological polar surface area (TPSA) is 151 Å². The first-order valence-corrected chi connectivity index (χ1v) is 12.8. The number of benzene rings is 1. The maximum Gasteiger partial charge on any atom is 0.328 e. The monoisotopic (exact) mass is 554 g/mol. The van der Waals surface area contributed by atoms with Gasteiger partial charge in [-0.25, -0.2) is 23.9 Å². The zero-order valence-corrected chi connectivity index (χ0v) is 22.0. The van der Waals surface area contributed by atoms with Gasteiger partial charge in [0.15, 0.2) is 0 Å². The minimum Gasteiger partial charge on any atom is -0.496 e. The third kappa shape index (κ3) is 6.94. The van der Waals surface area contributed by atoms with Crippen LogP contribution in [0, 0.1) is 12.7 Å². The van der Waals surface area contributed by atoms with Gasteiger partial charge in [-0.15, -0.1) is 11.3 Å². The molecule has 204 valence electrons. The van der Waals surface area contributed by atoms with E-state index in [-0.39, 0.29) is 5.82 Å². The van der Waals surface area contributed by atoms with Crippen LogP contribution in [0.4, 0.5) is 16.0 Å². The molecule has 1 aromatic carbocycles. The first-order chi connectivity index (χ1) is 18.7. The summed E-state index contributed by atoms with van der Waals surface area (Å²) in [6.45, 7) is 4.06. The minimum absolute atomic E-state index is 0.333. The Morgan fingerprint density at radius 2 is 1.92 bits per heavy atom. The molecule has 0 saturated carbocycles. The lowest BCUT2D eigenvalue weighted by atomic mass is 10.0. The number of rotatable bonds is 7. The fraction of sp³-hybridized carbons (Fsp3) is 0.269. The van der Waals surface area contributed by atoms with E-state index in [1.807, 2.05) is 24.0 Å². The third-order valence-electron chi connectivity index (χ3n) is 5.95. The number of methoxy groups -OCH3 is 1. The van der Waals surface area contributed by atoms with Crippen LogP contribution in [-0.2, 0) is 9.59 Å². The number of aryl methyl sites for hydroxylation is 1. The second-order valence-corrected chi connectivity index (χ2v) is 9.87. The Labute approximate surface area is 227 Å². The number of carboxylic acid groups (broad SMARTS) is 2. The number of aromatic nitrogens is 4. The number of ether oxygens (including phenoxy) is 1. The first kappa shape index (κ1) is 27.7. The molecule has 0 aliphatic carbocycles. The van der Waals surface area contributed by atoms with Gasteiger partial charge in [0.1, 0.15) is 11.6 Å². The Morgan fingerprint density at radius 1 is 1.21 bits per heavy atom. The van der Waals surface area contributed by atoms with Gasteiger partial charge in [0.05, 0.1) is 41.4 Å². The van der Waals surface area contributed by atoms with Crippen LogP contribution in [-0.4, -0.2) is 62.1 Å². The fourth-order valence-corrected chi connectivity index (χ4v) is 5.19. The summed E-state index contributed by atoms with van der Waals surface area (Å²) in [5.74, 6) is -1.86. The van der Waals surface area contributed by atoms with Crippen LogP contribution < -0.4 is 15.4 Å². The van der Waals surface area contributed by atoms with Crippen LogP contribution in [0.3, 0.4) is 0 Å². The Kier molecular flexibility index (Phi) is 8.84. The fourth-order valence-electron chi connectivity index (χ4n) is 4.20. The Morgan fingerprint density at radius 3 is 2.59 bits per heavy atom. The molecule has 1 fully saturated rings. The SMILES string of the molecule is COc1cc(F)ccc1-c1c(C)sc2cnc(Nc3cnn(C4CCNCC4)c3)nc12.O=C(O)/C=C/C(=O)O. The molecule has 4 heterocycles. The van der Waals surface area contributed by atoms with E-state index in [1.54, 1.807) is 30.7 Å². The summed E-state index contributed by atoms with van der Waals surface area (Å²) in [5, 5.41) is 26.8. The number of thiophene rings is 1. The number of halogens is 1. The van der Waals surface area contributed by atoms with Crippen LogP contribution in [0.15, 0.2) is 48.9 Å². The van der Waals surface area contributed by atoms with Crippen molar-refractivity contribution >= 4 is 45.1 Å². The normalized spacial score (nSPS) is 13.7. The molecule has 0 spiro atoms. The summed E-state index contributed by atoms with van der Waals surface area (Å²) in [6.07, 6.45) is 8.88. The number of nitrogens with one attached hydrogen (secondary N) is 2. The average Bonchev–Trinajstić information content (AvgIpc) is 3.52. The van der Waals surface area contributed by atoms with Crippen molar-refractivity contribution in [2.75, 3.05) is 25.5 Å². The van der Waals surface area contributed by atoms with Crippen LogP contribution in [0.5, 0.6) is 5.75 Å². The molecule has 1 aliphatic heterocycles. The molecule has 0 radical (unpaired) electrons. The second kappa shape index (κ2) is 12.5. The van der Waals surface area contributed by atoms with Gasteiger partial charge in [-0.1, -0.05) is 0 Å². The summed E-state index contributed by atoms with van der Waals surface area (Å²) in [6, 6.07) is 4.99. The van der Waals surface area contributed by atoms with Crippen LogP contribution in [0.1, 0.15) is 23.8 Å². The lowest BCUT2D eigenvalue weighted by Gasteiger charge is -2.22. The van der Waals surface area contributed by atoms with Crippen molar-refractivity contribution in [2.45, 2.75) is 25.8 Å². The van der Waals surface area contributed by atoms with Crippen molar-refractivity contribution in [1.82, 2.24) is 25.1 Å². The second-order valence-electron chi connectivity index (χ2n) is 8.61. The number of carboxylic acids is 2. The van der Waals surface area contributed by atoms with E-state index in [1.165, 1.54) is 12.1 Å². The van der Waals surface area contributed by atoms with Gasteiger partial charge in [0.25, 0.3) is 0 Å². The van der Waals surface area contributed by atoms with E-state index >= 15 is 0 Å². The van der Waals surface area contributed by atoms with Gasteiger partial charge in [0.2, 0.25) is 5.95 Å². The van der Waals surface area contributed by atoms with Gasteiger partial charge in [-0.3, -0.25) is 4.68 Å². The highest BCUT2D eigenvalue weighted by atomic mass is 32.1. The van der Waals surface area contributed by atoms with Gasteiger partial charge < -0.3 is 25.6 Å². The van der Waals surface area contributed by atoms with Gasteiger partial charge in [-0.05, 0) is 45.0 Å². The molecule has 4 N–H and O–H groups in total. The van der Waals surface area contributed by atoms with Gasteiger partial charge in [0, 0.05) is 40.4 Å². The quantitative estimate of drug-likeness (QED) is 0.242. The molecule has 1 saturated heterocycles. The standard InChI is InChI=1S/C22H23FN6OS.C4H4O4/c1-13-20(17-4-3-14(23)9-18(17)30-2)21-19(31-13)11-25-22(28-21)27-15-10-26-29(12-15)16-5-7-24-8-6-16;5-3(6)1-2-4(7)8/h3-4,9-12,16,24H,5-8H2,1-2H3,(H,25,27,28);1-2H,(H,5,6)(H,7,8)/b;2-1+. The number of anilines is 2. The zero-order chi connectivity index (χ0) is 27.9. The van der Waals surface area contributed by atoms with E-state index in [0.29, 0.717) is 29.9 Å². The Hall–Kier alpha value is -4.36. The maximum absolute atomic E-state index is 13.7. The molecular weight excluding hydrogens is 527 g/mol. The number of piperidine rings is 1. The van der Waals surface area contributed by atoms with E-state index in [2.05, 4.69) is 20.7 Å².